The molecule has 0 saturated carbocycles. The van der Waals surface area contributed by atoms with Gasteiger partial charge in [0.25, 0.3) is 0 Å². The van der Waals surface area contributed by atoms with Gasteiger partial charge in [-0.15, -0.1) is 0 Å². The molecule has 9 rings (SSSR count). The number of furan rings is 1. The van der Waals surface area contributed by atoms with E-state index in [1.165, 1.54) is 18.2 Å². The third-order valence-electron chi connectivity index (χ3n) is 8.05. The molecule has 0 saturated heterocycles. The zero-order valence-corrected chi connectivity index (χ0v) is 25.5. The van der Waals surface area contributed by atoms with Crippen LogP contribution in [0.4, 0.5) is 0 Å². The Hall–Kier alpha value is -6.65. The van der Waals surface area contributed by atoms with E-state index >= 15 is 0 Å². The highest BCUT2D eigenvalue weighted by molar-refractivity contribution is 6.11. The lowest BCUT2D eigenvalue weighted by Crippen LogP contribution is -2.01. The summed E-state index contributed by atoms with van der Waals surface area (Å²) in [6.45, 7) is 0. The van der Waals surface area contributed by atoms with Crippen molar-refractivity contribution in [2.75, 3.05) is 0 Å². The number of aromatic nitrogens is 3. The predicted molar refractivity (Wildman–Crippen MR) is 200 cm³/mol. The van der Waals surface area contributed by atoms with Crippen molar-refractivity contribution in [1.82, 2.24) is 15.0 Å². The Balaban J connectivity index is 1.24. The van der Waals surface area contributed by atoms with E-state index in [0.717, 1.165) is 11.1 Å². The summed E-state index contributed by atoms with van der Waals surface area (Å²) < 4.78 is 117. The van der Waals surface area contributed by atoms with Crippen molar-refractivity contribution in [1.29, 1.82) is 0 Å². The summed E-state index contributed by atoms with van der Waals surface area (Å²) in [6, 6.07) is 22.1. The summed E-state index contributed by atoms with van der Waals surface area (Å²) >= 11 is 0. The molecule has 2 aromatic heterocycles. The molecular weight excluding hydrogens is 599 g/mol. The summed E-state index contributed by atoms with van der Waals surface area (Å²) in [4.78, 5) is 14.7. The molecule has 4 heteroatoms. The fourth-order valence-corrected chi connectivity index (χ4v) is 5.72. The van der Waals surface area contributed by atoms with E-state index in [2.05, 4.69) is 0 Å². The van der Waals surface area contributed by atoms with E-state index in [0.29, 0.717) is 21.9 Å². The molecule has 0 bridgehead atoms. The zero-order valence-electron chi connectivity index (χ0n) is 38.5. The van der Waals surface area contributed by atoms with Crippen LogP contribution in [0.2, 0.25) is 0 Å². The number of fused-ring (bicyclic) bond motifs is 3. The molecule has 0 fully saturated rings. The van der Waals surface area contributed by atoms with Gasteiger partial charge < -0.3 is 4.42 Å². The third-order valence-corrected chi connectivity index (χ3v) is 8.05. The van der Waals surface area contributed by atoms with Crippen LogP contribution in [0, 0.1) is 0 Å². The first-order valence-electron chi connectivity index (χ1n) is 21.8. The smallest absolute Gasteiger partial charge is 0.164 e. The highest BCUT2D eigenvalue weighted by atomic mass is 16.3. The van der Waals surface area contributed by atoms with Crippen LogP contribution in [0.15, 0.2) is 180 Å². The molecule has 0 unspecified atom stereocenters. The summed E-state index contributed by atoms with van der Waals surface area (Å²) in [7, 11) is 0. The quantitative estimate of drug-likeness (QED) is 0.181. The molecular formula is C45H29N3O. The molecule has 0 spiro atoms. The Bertz CT molecular complexity index is 3280. The number of rotatable bonds is 6. The standard InChI is InChI=1S/C45H29N3O/c1-3-12-30(13-4-1)31-22-24-32(25-23-31)33-26-28-35(29-27-33)43-46-44(37-17-8-7-16-36(37)34-14-5-2-6-15-34)48-45(47-43)39-19-11-21-41-42(39)38-18-9-10-20-40(38)49-41/h1-29H/i1D,3D,4D,9D,12D,13D,19D,20D,21D,22D,23D,24D,25D. The van der Waals surface area contributed by atoms with Crippen LogP contribution in [0.1, 0.15) is 17.8 Å². The number of hydrogen-bond donors (Lipinski definition) is 0. The Labute approximate surface area is 302 Å². The Kier molecular flexibility index (Phi) is 4.48. The molecule has 0 aliphatic carbocycles. The Morgan fingerprint density at radius 3 is 1.76 bits per heavy atom. The van der Waals surface area contributed by atoms with E-state index in [1.807, 2.05) is 54.6 Å². The Morgan fingerprint density at radius 1 is 0.367 bits per heavy atom. The molecule has 230 valence electrons. The van der Waals surface area contributed by atoms with E-state index in [4.69, 9.17) is 37.2 Å². The van der Waals surface area contributed by atoms with Gasteiger partial charge in [-0.2, -0.15) is 0 Å². The maximum Gasteiger partial charge on any atom is 0.164 e. The molecule has 2 heterocycles. The molecule has 0 aliphatic rings. The first-order valence-corrected chi connectivity index (χ1v) is 15.3. The lowest BCUT2D eigenvalue weighted by molar-refractivity contribution is 0.669. The average molecular weight is 641 g/mol. The fourth-order valence-electron chi connectivity index (χ4n) is 5.72. The largest absolute Gasteiger partial charge is 0.456 e. The van der Waals surface area contributed by atoms with Gasteiger partial charge in [0.15, 0.2) is 17.5 Å². The minimum absolute atomic E-state index is 0.0393. The number of nitrogens with zero attached hydrogens (tertiary/aromatic N) is 3. The Morgan fingerprint density at radius 2 is 0.980 bits per heavy atom. The molecule has 0 N–H and O–H groups in total. The maximum atomic E-state index is 9.13. The minimum atomic E-state index is -0.662. The van der Waals surface area contributed by atoms with E-state index in [1.54, 1.807) is 24.3 Å². The second kappa shape index (κ2) is 12.2. The van der Waals surface area contributed by atoms with Crippen molar-refractivity contribution in [3.8, 4) is 67.5 Å². The molecule has 9 aromatic rings. The fraction of sp³-hybridized carbons (Fsp3) is 0. The first-order chi connectivity index (χ1) is 29.7. The lowest BCUT2D eigenvalue weighted by Gasteiger charge is -2.12. The first kappa shape index (κ1) is 18.0. The molecule has 0 aliphatic heterocycles. The molecule has 0 radical (unpaired) electrons. The normalized spacial score (nSPS) is 15.0. The molecule has 0 amide bonds. The highest BCUT2D eigenvalue weighted by Crippen LogP contribution is 2.38. The van der Waals surface area contributed by atoms with Crippen LogP contribution < -0.4 is 0 Å². The molecule has 7 aromatic carbocycles. The summed E-state index contributed by atoms with van der Waals surface area (Å²) in [6.07, 6.45) is 0. The summed E-state index contributed by atoms with van der Waals surface area (Å²) in [5.41, 5.74) is 2.58. The monoisotopic (exact) mass is 640 g/mol. The summed E-state index contributed by atoms with van der Waals surface area (Å²) in [5, 5.41) is 0.649. The van der Waals surface area contributed by atoms with Gasteiger partial charge in [-0.05, 0) is 45.5 Å². The van der Waals surface area contributed by atoms with E-state index < -0.39 is 65.5 Å². The number of hydrogen-bond acceptors (Lipinski definition) is 4. The van der Waals surface area contributed by atoms with Crippen LogP contribution in [0.5, 0.6) is 0 Å². The summed E-state index contributed by atoms with van der Waals surface area (Å²) in [5.74, 6) is 0.460. The molecule has 0 atom stereocenters. The molecule has 4 nitrogen and oxygen atoms in total. The zero-order chi connectivity index (χ0) is 43.9. The van der Waals surface area contributed by atoms with Gasteiger partial charge >= 0.3 is 0 Å². The minimum Gasteiger partial charge on any atom is -0.456 e. The van der Waals surface area contributed by atoms with Gasteiger partial charge in [-0.1, -0.05) is 164 Å². The van der Waals surface area contributed by atoms with E-state index in [-0.39, 0.29) is 69.5 Å². The van der Waals surface area contributed by atoms with Crippen LogP contribution in [0.3, 0.4) is 0 Å². The van der Waals surface area contributed by atoms with Crippen LogP contribution in [-0.4, -0.2) is 15.0 Å². The second-order valence-electron chi connectivity index (χ2n) is 11.0. The van der Waals surface area contributed by atoms with Gasteiger partial charge in [-0.3, -0.25) is 0 Å². The van der Waals surface area contributed by atoms with Gasteiger partial charge in [-0.25, -0.2) is 15.0 Å². The van der Waals surface area contributed by atoms with Crippen LogP contribution >= 0.6 is 0 Å². The van der Waals surface area contributed by atoms with Gasteiger partial charge in [0.1, 0.15) is 11.2 Å². The van der Waals surface area contributed by atoms with Crippen molar-refractivity contribution in [3.05, 3.63) is 176 Å². The average Bonchev–Trinajstić information content (AvgIpc) is 3.66. The SMILES string of the molecule is [2H]c1cc([2H])c2oc3c([2H])cc([2H])c(-c4nc(-c5ccc(-c6c([2H])c([2H])c(-c7c([2H])c([2H])c([2H])c([2H])c7[2H])c([2H])c6[2H])cc5)nc(-c5ccccc5-c5ccccc5)n4)c3c2c1. The van der Waals surface area contributed by atoms with Crippen molar-refractivity contribution in [2.45, 2.75) is 0 Å². The number of benzene rings is 7. The van der Waals surface area contributed by atoms with Crippen molar-refractivity contribution in [3.63, 3.8) is 0 Å². The second-order valence-corrected chi connectivity index (χ2v) is 11.0. The predicted octanol–water partition coefficient (Wildman–Crippen LogP) is 11.8. The highest BCUT2D eigenvalue weighted by Gasteiger charge is 2.19. The van der Waals surface area contributed by atoms with Gasteiger partial charge in [0.2, 0.25) is 0 Å². The van der Waals surface area contributed by atoms with Crippen LogP contribution in [-0.2, 0) is 0 Å². The molecule has 49 heavy (non-hydrogen) atoms. The van der Waals surface area contributed by atoms with Crippen molar-refractivity contribution >= 4 is 21.9 Å². The van der Waals surface area contributed by atoms with Gasteiger partial charge in [0, 0.05) is 27.5 Å². The third kappa shape index (κ3) is 5.35. The van der Waals surface area contributed by atoms with Crippen LogP contribution in [0.25, 0.3) is 89.5 Å². The lowest BCUT2D eigenvalue weighted by atomic mass is 9.98. The van der Waals surface area contributed by atoms with Crippen molar-refractivity contribution in [2.24, 2.45) is 0 Å². The van der Waals surface area contributed by atoms with Crippen molar-refractivity contribution < 1.29 is 22.2 Å². The van der Waals surface area contributed by atoms with Gasteiger partial charge in [0.05, 0.1) is 17.8 Å². The topological polar surface area (TPSA) is 51.8 Å². The maximum absolute atomic E-state index is 9.13. The number of para-hydroxylation sites is 1. The van der Waals surface area contributed by atoms with E-state index in [9.17, 15) is 0 Å².